The molecule has 1 atom stereocenters. The Morgan fingerprint density at radius 1 is 1.09 bits per heavy atom. The average Bonchev–Trinajstić information content (AvgIpc) is 2.81. The number of halogens is 2. The highest BCUT2D eigenvalue weighted by Crippen LogP contribution is 2.39. The quantitative estimate of drug-likeness (QED) is 0.453. The van der Waals surface area contributed by atoms with E-state index in [4.69, 9.17) is 5.11 Å². The molecule has 3 N–H and O–H groups in total. The van der Waals surface area contributed by atoms with E-state index in [0.29, 0.717) is 17.7 Å². The van der Waals surface area contributed by atoms with Crippen molar-refractivity contribution in [2.45, 2.75) is 55.9 Å². The Morgan fingerprint density at radius 2 is 1.75 bits per heavy atom. The van der Waals surface area contributed by atoms with Crippen molar-refractivity contribution in [3.05, 3.63) is 57.8 Å². The molecule has 32 heavy (non-hydrogen) atoms. The Morgan fingerprint density at radius 3 is 2.47 bits per heavy atom. The second-order valence-corrected chi connectivity index (χ2v) is 10.9. The summed E-state index contributed by atoms with van der Waals surface area (Å²) in [7, 11) is -2.29. The molecule has 3 rings (SSSR count). The number of nitrogens with two attached hydrogens (primary N) is 1. The van der Waals surface area contributed by atoms with Crippen molar-refractivity contribution in [3.63, 3.8) is 0 Å². The van der Waals surface area contributed by atoms with Gasteiger partial charge in [-0.1, -0.05) is 37.5 Å². The van der Waals surface area contributed by atoms with Gasteiger partial charge >= 0.3 is 5.97 Å². The van der Waals surface area contributed by atoms with Crippen LogP contribution in [-0.2, 0) is 14.8 Å². The summed E-state index contributed by atoms with van der Waals surface area (Å²) in [6, 6.07) is 9.72. The number of rotatable bonds is 10. The van der Waals surface area contributed by atoms with Crippen LogP contribution in [0.4, 0.5) is 10.1 Å². The number of quaternary nitrogens is 1. The first-order chi connectivity index (χ1) is 15.2. The Hall–Kier alpha value is -1.97. The molecule has 0 fully saturated rings. The minimum atomic E-state index is -3.82. The van der Waals surface area contributed by atoms with Gasteiger partial charge in [0.15, 0.2) is 0 Å². The molecular formula is C23H29BrFN2O4S+. The van der Waals surface area contributed by atoms with Gasteiger partial charge in [0.05, 0.1) is 21.6 Å². The van der Waals surface area contributed by atoms with Crippen LogP contribution in [0.15, 0.2) is 45.8 Å². The fourth-order valence-electron chi connectivity index (χ4n) is 4.16. The Balaban J connectivity index is 1.75. The molecule has 0 spiro atoms. The van der Waals surface area contributed by atoms with Crippen molar-refractivity contribution in [2.24, 2.45) is 0 Å². The summed E-state index contributed by atoms with van der Waals surface area (Å²) in [4.78, 5) is 10.7. The summed E-state index contributed by atoms with van der Waals surface area (Å²) in [5.74, 6) is -1.24. The van der Waals surface area contributed by atoms with E-state index >= 15 is 0 Å². The number of nitrogens with zero attached hydrogens (tertiary/aromatic N) is 1. The number of benzene rings is 2. The van der Waals surface area contributed by atoms with Gasteiger partial charge in [-0.25, -0.2) is 12.8 Å². The van der Waals surface area contributed by atoms with Crippen LogP contribution in [0.2, 0.25) is 0 Å². The summed E-state index contributed by atoms with van der Waals surface area (Å²) in [6.45, 7) is 0.773. The van der Waals surface area contributed by atoms with Crippen LogP contribution in [0.25, 0.3) is 0 Å². The van der Waals surface area contributed by atoms with Gasteiger partial charge in [0, 0.05) is 24.6 Å². The monoisotopic (exact) mass is 527 g/mol. The van der Waals surface area contributed by atoms with Crippen molar-refractivity contribution < 1.29 is 28.0 Å². The third-order valence-electron chi connectivity index (χ3n) is 5.88. The predicted octanol–water partition coefficient (Wildman–Crippen LogP) is 4.19. The summed E-state index contributed by atoms with van der Waals surface area (Å²) in [6.07, 6.45) is 5.83. The highest BCUT2D eigenvalue weighted by Gasteiger charge is 2.37. The smallest absolute Gasteiger partial charge is 0.303 e. The summed E-state index contributed by atoms with van der Waals surface area (Å²) >= 11 is 3.13. The average molecular weight is 528 g/mol. The van der Waals surface area contributed by atoms with Crippen molar-refractivity contribution in [2.75, 3.05) is 17.9 Å². The van der Waals surface area contributed by atoms with E-state index < -0.39 is 21.8 Å². The zero-order chi connectivity index (χ0) is 23.3. The summed E-state index contributed by atoms with van der Waals surface area (Å²) < 4.78 is 42.4. The zero-order valence-corrected chi connectivity index (χ0v) is 20.5. The molecule has 174 valence electrons. The highest BCUT2D eigenvalue weighted by molar-refractivity contribution is 9.10. The van der Waals surface area contributed by atoms with Crippen molar-refractivity contribution >= 4 is 37.6 Å². The molecule has 6 nitrogen and oxygen atoms in total. The summed E-state index contributed by atoms with van der Waals surface area (Å²) in [5, 5.41) is 10.8. The molecule has 0 aliphatic carbocycles. The standard InChI is InChI=1S/C23H28BrFN2O4S/c1-27-20-11-8-7-10-16(20)23(26-13-9-5-3-2-4-6-12-22(28)29)17-14-19(25)18(24)15-21(17)32(27,30)31/h7-8,10-11,14-15,23,26H,2-6,9,12-13H2,1H3,(H,28,29)/p+1. The largest absolute Gasteiger partial charge is 0.481 e. The van der Waals surface area contributed by atoms with Crippen LogP contribution in [0.5, 0.6) is 0 Å². The maximum absolute atomic E-state index is 14.5. The lowest BCUT2D eigenvalue weighted by molar-refractivity contribution is -0.687. The molecule has 0 radical (unpaired) electrons. The maximum Gasteiger partial charge on any atom is 0.303 e. The van der Waals surface area contributed by atoms with Gasteiger partial charge in [-0.2, -0.15) is 0 Å². The fourth-order valence-corrected chi connectivity index (χ4v) is 6.12. The maximum atomic E-state index is 14.5. The number of carboxylic acid groups (broad SMARTS) is 1. The first-order valence-electron chi connectivity index (χ1n) is 10.9. The van der Waals surface area contributed by atoms with Gasteiger partial charge < -0.3 is 10.4 Å². The molecule has 0 aromatic heterocycles. The van der Waals surface area contributed by atoms with Crippen molar-refractivity contribution in [1.29, 1.82) is 0 Å². The van der Waals surface area contributed by atoms with Crippen LogP contribution >= 0.6 is 15.9 Å². The van der Waals surface area contributed by atoms with Gasteiger partial charge in [-0.15, -0.1) is 0 Å². The zero-order valence-electron chi connectivity index (χ0n) is 18.1. The van der Waals surface area contributed by atoms with E-state index in [-0.39, 0.29) is 21.8 Å². The second kappa shape index (κ2) is 10.8. The molecule has 1 aliphatic heterocycles. The van der Waals surface area contributed by atoms with Crippen LogP contribution < -0.4 is 9.62 Å². The van der Waals surface area contributed by atoms with E-state index in [1.54, 1.807) is 12.1 Å². The molecule has 1 unspecified atom stereocenters. The van der Waals surface area contributed by atoms with Crippen molar-refractivity contribution in [3.8, 4) is 0 Å². The molecule has 9 heteroatoms. The number of hydrogen-bond donors (Lipinski definition) is 2. The predicted molar refractivity (Wildman–Crippen MR) is 125 cm³/mol. The highest BCUT2D eigenvalue weighted by atomic mass is 79.9. The number of anilines is 1. The SMILES string of the molecule is CN1c2ccccc2C([NH2+]CCCCCCCCC(=O)O)c2cc(F)c(Br)cc2S1(=O)=O. The number of fused-ring (bicyclic) bond motifs is 2. The minimum absolute atomic E-state index is 0.115. The summed E-state index contributed by atoms with van der Waals surface area (Å²) in [5.41, 5.74) is 1.89. The minimum Gasteiger partial charge on any atom is -0.481 e. The number of aliphatic carboxylic acids is 1. The number of carboxylic acids is 1. The van der Waals surface area contributed by atoms with E-state index in [9.17, 15) is 17.6 Å². The Bertz CT molecular complexity index is 1080. The molecule has 0 amide bonds. The number of sulfonamides is 1. The lowest BCUT2D eigenvalue weighted by Crippen LogP contribution is -2.85. The van der Waals surface area contributed by atoms with E-state index in [1.165, 1.54) is 23.5 Å². The van der Waals surface area contributed by atoms with Crippen LogP contribution in [-0.4, -0.2) is 33.1 Å². The molecule has 1 aliphatic rings. The number of carbonyl (C=O) groups is 1. The van der Waals surface area contributed by atoms with E-state index in [2.05, 4.69) is 21.2 Å². The van der Waals surface area contributed by atoms with Gasteiger partial charge in [-0.05, 0) is 53.4 Å². The molecule has 2 aromatic carbocycles. The first kappa shape index (κ1) is 24.7. The Kier molecular flexibility index (Phi) is 8.30. The van der Waals surface area contributed by atoms with Gasteiger partial charge in [-0.3, -0.25) is 9.10 Å². The fraction of sp³-hybridized carbons (Fsp3) is 0.435. The van der Waals surface area contributed by atoms with E-state index in [0.717, 1.165) is 44.2 Å². The normalized spacial score (nSPS) is 16.8. The van der Waals surface area contributed by atoms with Crippen LogP contribution in [0, 0.1) is 5.82 Å². The topological polar surface area (TPSA) is 91.3 Å². The first-order valence-corrected chi connectivity index (χ1v) is 13.1. The second-order valence-electron chi connectivity index (χ2n) is 8.10. The number of hydrogen-bond acceptors (Lipinski definition) is 3. The molecule has 0 bridgehead atoms. The van der Waals surface area contributed by atoms with Gasteiger partial charge in [0.25, 0.3) is 10.0 Å². The van der Waals surface area contributed by atoms with Gasteiger partial charge in [0.1, 0.15) is 11.9 Å². The van der Waals surface area contributed by atoms with Crippen molar-refractivity contribution in [1.82, 2.24) is 0 Å². The van der Waals surface area contributed by atoms with Gasteiger partial charge in [0.2, 0.25) is 0 Å². The van der Waals surface area contributed by atoms with E-state index in [1.807, 2.05) is 12.1 Å². The third kappa shape index (κ3) is 5.50. The molecule has 0 saturated heterocycles. The molecule has 2 aromatic rings. The van der Waals surface area contributed by atoms with Crippen LogP contribution in [0.1, 0.15) is 62.1 Å². The molecule has 0 saturated carbocycles. The number of unbranched alkanes of at least 4 members (excludes halogenated alkanes) is 5. The lowest BCUT2D eigenvalue weighted by Gasteiger charge is -2.20. The van der Waals surface area contributed by atoms with Crippen LogP contribution in [0.3, 0.4) is 0 Å². The number of para-hydroxylation sites is 1. The molecule has 1 heterocycles. The molecular weight excluding hydrogens is 499 g/mol. The third-order valence-corrected chi connectivity index (χ3v) is 8.32. The lowest BCUT2D eigenvalue weighted by atomic mass is 9.96. The Labute approximate surface area is 197 Å².